The van der Waals surface area contributed by atoms with E-state index in [1.807, 2.05) is 0 Å². The first kappa shape index (κ1) is 108. The average Bonchev–Trinajstić information content (AvgIpc) is 1.68. The molecule has 0 aromatic heterocycles. The van der Waals surface area contributed by atoms with E-state index in [9.17, 15) is 195 Å². The molecule has 0 saturated carbocycles. The van der Waals surface area contributed by atoms with Crippen LogP contribution in [0.2, 0.25) is 0 Å². The minimum Gasteiger partial charge on any atom is -0.394 e. The molecule has 710 valence electrons. The summed E-state index contributed by atoms with van der Waals surface area (Å²) >= 11 is 0. The van der Waals surface area contributed by atoms with Crippen molar-refractivity contribution in [3.8, 4) is 0 Å². The van der Waals surface area contributed by atoms with Gasteiger partial charge in [-0.3, -0.25) is 45.2 Å². The van der Waals surface area contributed by atoms with Crippen molar-refractivity contribution in [2.24, 2.45) is 0 Å². The maximum atomic E-state index is 13.0. The summed E-state index contributed by atoms with van der Waals surface area (Å²) in [6, 6.07) is 0. The minimum atomic E-state index is -5.58. The van der Waals surface area contributed by atoms with E-state index in [1.54, 1.807) is 0 Å². The van der Waals surface area contributed by atoms with Crippen molar-refractivity contribution in [3.63, 3.8) is 0 Å². The normalized spacial score (nSPS) is 37.6. The molecule has 65 heteroatoms. The molecule has 44 atom stereocenters. The predicted molar refractivity (Wildman–Crippen MR) is 362 cm³/mol. The lowest BCUT2D eigenvalue weighted by Crippen LogP contribution is -2.44. The maximum Gasteiger partial charge on any atom is 0.472 e. The molecule has 5 unspecified atom stereocenters. The van der Waals surface area contributed by atoms with Crippen molar-refractivity contribution in [2.75, 3.05) is 106 Å². The number of hydrogen-bond acceptors (Lipinski definition) is 55. The van der Waals surface area contributed by atoms with Crippen LogP contribution in [-0.2, 0) is 120 Å². The van der Waals surface area contributed by atoms with E-state index in [0.29, 0.717) is 0 Å². The topological polar surface area (TPSA) is 967 Å². The largest absolute Gasteiger partial charge is 0.472 e. The third-order valence-corrected chi connectivity index (χ3v) is 23.2. The molecular formula is C55H105O60P5. The second-order valence-electron chi connectivity index (χ2n) is 27.3. The highest BCUT2D eigenvalue weighted by molar-refractivity contribution is 7.48. The molecule has 0 radical (unpaired) electrons. The highest BCUT2D eigenvalue weighted by Gasteiger charge is 2.55. The summed E-state index contributed by atoms with van der Waals surface area (Å²) in [7, 11) is -27.3. The fraction of sp³-hybridized carbons (Fsp3) is 1.00. The molecule has 6 fully saturated rings. The maximum absolute atomic E-state index is 13.0. The number of aliphatic hydroxyl groups excluding tert-OH is 29. The van der Waals surface area contributed by atoms with Crippen LogP contribution in [-0.4, -0.2) is 517 Å². The molecule has 6 aliphatic rings. The summed E-state index contributed by atoms with van der Waals surface area (Å²) < 4.78 is 168. The van der Waals surface area contributed by atoms with Gasteiger partial charge in [0.25, 0.3) is 0 Å². The summed E-state index contributed by atoms with van der Waals surface area (Å²) in [5.41, 5.74) is 0. The molecular weight excluding hydrogens is 1780 g/mol. The number of hydrogen-bond donors (Lipinski definition) is 34. The first-order valence-corrected chi connectivity index (χ1v) is 43.0. The van der Waals surface area contributed by atoms with Crippen molar-refractivity contribution in [1.82, 2.24) is 0 Å². The first-order chi connectivity index (χ1) is 55.9. The van der Waals surface area contributed by atoms with Gasteiger partial charge >= 0.3 is 39.1 Å². The van der Waals surface area contributed by atoms with Crippen LogP contribution in [0.15, 0.2) is 0 Å². The molecule has 0 spiro atoms. The lowest BCUT2D eigenvalue weighted by atomic mass is 10.1. The Bertz CT molecular complexity index is 3250. The van der Waals surface area contributed by atoms with Gasteiger partial charge in [-0.25, -0.2) is 22.8 Å². The Morgan fingerprint density at radius 2 is 0.392 bits per heavy atom. The van der Waals surface area contributed by atoms with E-state index in [0.717, 1.165) is 0 Å². The zero-order valence-corrected chi connectivity index (χ0v) is 66.4. The second kappa shape index (κ2) is 48.2. The van der Waals surface area contributed by atoms with Crippen molar-refractivity contribution < 1.29 is 293 Å². The molecule has 0 bridgehead atoms. The SMILES string of the molecule is O=P(O)(OC[C@H](O)[C@H](O)[C@H](O)CO[C@@H]1O[C@H](CO)[C@@H](OP(=O)(O)OC[C@H](O)[C@H](O)[C@H](O)CO[C@@H]2O[C@H](CO)[C@@H](OP(=O)(O)OC[C@H](O)[C@H](O)[C@H](O)CO[C@@H]3O[C@H](CO)[C@@H](OP(=O)(O)OC[C@H](O)[C@H](O)[C@H](O)CO[C@@H]4O[C@H](CO)[C@@H](OP(=O)(O)OC[C@H](O)[C@H](O)[C@H](O)CO[C@@H]5O[C@H](CO)[C@@H](O)[C@H]5O)[C@H]4O)[C@H]3O)[C@H]2O)[C@H]1O)O[C@H]1[C@@H](O)[C@H](O)O[C@@H]1CO. The smallest absolute Gasteiger partial charge is 0.394 e. The van der Waals surface area contributed by atoms with Gasteiger partial charge in [0, 0.05) is 0 Å². The van der Waals surface area contributed by atoms with Crippen LogP contribution in [0.4, 0.5) is 0 Å². The first-order valence-electron chi connectivity index (χ1n) is 35.5. The Hall–Kier alpha value is -1.05. The molecule has 6 rings (SSSR count). The fourth-order valence-electron chi connectivity index (χ4n) is 11.5. The van der Waals surface area contributed by atoms with Gasteiger partial charge in [-0.2, -0.15) is 0 Å². The van der Waals surface area contributed by atoms with Gasteiger partial charge in [-0.05, 0) is 0 Å². The summed E-state index contributed by atoms with van der Waals surface area (Å²) in [4.78, 5) is 51.7. The van der Waals surface area contributed by atoms with Gasteiger partial charge < -0.3 is 225 Å². The summed E-state index contributed by atoms with van der Waals surface area (Å²) in [6.45, 7) is -18.1. The number of ether oxygens (including phenoxy) is 11. The van der Waals surface area contributed by atoms with Crippen molar-refractivity contribution in [1.29, 1.82) is 0 Å². The average molecular weight is 1880 g/mol. The van der Waals surface area contributed by atoms with Crippen LogP contribution in [0.5, 0.6) is 0 Å². The molecule has 0 aliphatic carbocycles. The van der Waals surface area contributed by atoms with E-state index >= 15 is 0 Å². The molecule has 0 aromatic carbocycles. The van der Waals surface area contributed by atoms with Gasteiger partial charge in [-0.15, -0.1) is 0 Å². The zero-order valence-electron chi connectivity index (χ0n) is 61.9. The van der Waals surface area contributed by atoms with Gasteiger partial charge in [0.2, 0.25) is 0 Å². The van der Waals surface area contributed by atoms with E-state index in [-0.39, 0.29) is 0 Å². The highest BCUT2D eigenvalue weighted by Crippen LogP contribution is 2.52. The molecule has 6 heterocycles. The lowest BCUT2D eigenvalue weighted by molar-refractivity contribution is -0.194. The van der Waals surface area contributed by atoms with E-state index in [2.05, 4.69) is 22.6 Å². The van der Waals surface area contributed by atoms with Crippen LogP contribution in [0.25, 0.3) is 0 Å². The van der Waals surface area contributed by atoms with Crippen LogP contribution in [0, 0.1) is 0 Å². The number of phosphoric ester groups is 5. The Balaban J connectivity index is 0.861. The van der Waals surface area contributed by atoms with Crippen molar-refractivity contribution in [3.05, 3.63) is 0 Å². The monoisotopic (exact) mass is 1880 g/mol. The number of aliphatic hydroxyl groups is 29. The van der Waals surface area contributed by atoms with Crippen LogP contribution >= 0.6 is 39.1 Å². The number of phosphoric acid groups is 5. The molecule has 34 N–H and O–H groups in total. The van der Waals surface area contributed by atoms with Crippen LogP contribution < -0.4 is 0 Å². The predicted octanol–water partition coefficient (Wildman–Crippen LogP) is -19.2. The molecule has 0 amide bonds. The zero-order chi connectivity index (χ0) is 90.2. The van der Waals surface area contributed by atoms with Gasteiger partial charge in [0.15, 0.2) is 37.7 Å². The van der Waals surface area contributed by atoms with Crippen molar-refractivity contribution >= 4 is 39.1 Å². The summed E-state index contributed by atoms with van der Waals surface area (Å²) in [6.07, 6.45) is -79.2. The van der Waals surface area contributed by atoms with E-state index in [1.165, 1.54) is 0 Å². The van der Waals surface area contributed by atoms with Gasteiger partial charge in [-0.1, -0.05) is 0 Å². The molecule has 6 aliphatic heterocycles. The Morgan fingerprint density at radius 3 is 0.583 bits per heavy atom. The van der Waals surface area contributed by atoms with Crippen LogP contribution in [0.1, 0.15) is 0 Å². The quantitative estimate of drug-likeness (QED) is 0.0251. The van der Waals surface area contributed by atoms with Gasteiger partial charge in [0.1, 0.15) is 201 Å². The lowest BCUT2D eigenvalue weighted by Gasteiger charge is -2.27. The number of rotatable bonds is 56. The van der Waals surface area contributed by atoms with Crippen LogP contribution in [0.3, 0.4) is 0 Å². The standard InChI is InChI=1S/C55H105O60P5/c56-1-27-38(77)39(78)51(106-27)95-7-17(62)33(72)23(68)13-101-117(87,88)112-46-29(3-58)108-53(41(46)80)97-9-19(64)35(74)25(70)15-103-119(91,92)114-48-31(5-60)110-55(43(48)82)99-11-21(66)37(76)26(71)16-104-120(93,94)115-49-32(6-61)109-54(44(49)83)98-10-20(65)36(75)24(69)14-102-118(89,90)113-47-30(4-59)107-52(42(47)81)96-8-18(63)34(73)22(67)12-100-116(85,86)111-45-28(2-57)105-50(84)40(45)79/h17-84H,1-16H2,(H,85,86)(H,87,88)(H,89,90)(H,91,92)(H,93,94)/t17-,18-,19-,20-,21-,22+,23+,24+,25+,26+,27-,28-,29-,30-,31-,32-,33-,34-,35-,36-,37-,38-,39-,40-,41-,42-,43-,44-,45-,46-,47-,48-,49-,50-,51-,52-,53-,54-,55-/m1/s1. The van der Waals surface area contributed by atoms with E-state index in [4.69, 9.17) is 74.7 Å². The molecule has 6 saturated heterocycles. The Kier molecular flexibility index (Phi) is 43.3. The second-order valence-corrected chi connectivity index (χ2v) is 34.3. The molecule has 60 nitrogen and oxygen atoms in total. The third-order valence-electron chi connectivity index (χ3n) is 18.3. The Morgan fingerprint density at radius 1 is 0.225 bits per heavy atom. The third kappa shape index (κ3) is 30.5. The molecule has 0 aromatic rings. The summed E-state index contributed by atoms with van der Waals surface area (Å²) in [5, 5.41) is 297. The Labute approximate surface area is 675 Å². The van der Waals surface area contributed by atoms with E-state index < -0.39 is 384 Å². The van der Waals surface area contributed by atoms with Crippen molar-refractivity contribution in [2.45, 2.75) is 239 Å². The van der Waals surface area contributed by atoms with Gasteiger partial charge in [0.05, 0.1) is 106 Å². The molecule has 120 heavy (non-hydrogen) atoms. The fourth-order valence-corrected chi connectivity index (χ4v) is 16.3. The highest BCUT2D eigenvalue weighted by atomic mass is 31.2. The summed E-state index contributed by atoms with van der Waals surface area (Å²) in [5.74, 6) is 0. The minimum absolute atomic E-state index is 0.721.